The number of carboxylic acids is 1. The van der Waals surface area contributed by atoms with Crippen LogP contribution in [0.15, 0.2) is 0 Å². The number of aliphatic carboxylic acids is 1. The van der Waals surface area contributed by atoms with Gasteiger partial charge in [-0.15, -0.1) is 0 Å². The van der Waals surface area contributed by atoms with Crippen LogP contribution in [0.1, 0.15) is 25.7 Å². The summed E-state index contributed by atoms with van der Waals surface area (Å²) in [5, 5.41) is 8.60. The summed E-state index contributed by atoms with van der Waals surface area (Å²) in [5.41, 5.74) is 0. The summed E-state index contributed by atoms with van der Waals surface area (Å²) >= 11 is 0. The summed E-state index contributed by atoms with van der Waals surface area (Å²) in [6.45, 7) is 0. The van der Waals surface area contributed by atoms with Crippen LogP contribution in [0.4, 0.5) is 0 Å². The highest BCUT2D eigenvalue weighted by Gasteiger charge is 2.25. The average Bonchev–Trinajstić information content (AvgIpc) is 2.05. The van der Waals surface area contributed by atoms with Gasteiger partial charge < -0.3 is 5.11 Å². The van der Waals surface area contributed by atoms with Crippen molar-refractivity contribution >= 4 is 12.3 Å². The van der Waals surface area contributed by atoms with Crippen LogP contribution in [0.25, 0.3) is 0 Å². The van der Waals surface area contributed by atoms with E-state index in [4.69, 9.17) is 5.11 Å². The highest BCUT2D eigenvalue weighted by molar-refractivity contribution is 5.70. The highest BCUT2D eigenvalue weighted by atomic mass is 16.4. The summed E-state index contributed by atoms with van der Waals surface area (Å²) in [6.07, 6.45) is 4.58. The third-order valence-corrected chi connectivity index (χ3v) is 2.24. The molecule has 1 aliphatic rings. The molecular weight excluding hydrogens is 144 g/mol. The van der Waals surface area contributed by atoms with E-state index in [2.05, 4.69) is 0 Å². The number of carboxylic acid groups (broad SMARTS) is 1. The number of hydrogen-bond donors (Lipinski definition) is 1. The van der Waals surface area contributed by atoms with Crippen molar-refractivity contribution in [2.24, 2.45) is 11.8 Å². The second kappa shape index (κ2) is 3.51. The zero-order valence-electron chi connectivity index (χ0n) is 6.25. The molecule has 0 aromatic heterocycles. The van der Waals surface area contributed by atoms with Crippen molar-refractivity contribution in [1.29, 1.82) is 0 Å². The molecule has 0 spiro atoms. The van der Waals surface area contributed by atoms with Gasteiger partial charge in [-0.2, -0.15) is 0 Å². The van der Waals surface area contributed by atoms with Crippen molar-refractivity contribution in [2.75, 3.05) is 0 Å². The largest absolute Gasteiger partial charge is 0.481 e. The minimum Gasteiger partial charge on any atom is -0.481 e. The van der Waals surface area contributed by atoms with E-state index in [1.54, 1.807) is 0 Å². The molecule has 0 aliphatic heterocycles. The maximum Gasteiger partial charge on any atom is 0.306 e. The van der Waals surface area contributed by atoms with Gasteiger partial charge in [-0.3, -0.25) is 9.59 Å². The standard InChI is InChI=1S/C8H11O3/c9-5-6-1-3-7(4-2-6)8(10)11/h6-7H,1-4H2,(H,10,11). The zero-order valence-corrected chi connectivity index (χ0v) is 6.25. The summed E-state index contributed by atoms with van der Waals surface area (Å²) < 4.78 is 0. The van der Waals surface area contributed by atoms with Gasteiger partial charge in [-0.1, -0.05) is 0 Å². The van der Waals surface area contributed by atoms with E-state index < -0.39 is 5.97 Å². The van der Waals surface area contributed by atoms with E-state index in [0.717, 1.165) is 0 Å². The lowest BCUT2D eigenvalue weighted by Gasteiger charge is -2.21. The van der Waals surface area contributed by atoms with Gasteiger partial charge in [0.25, 0.3) is 0 Å². The number of rotatable bonds is 2. The predicted octanol–water partition coefficient (Wildman–Crippen LogP) is 0.987. The van der Waals surface area contributed by atoms with E-state index >= 15 is 0 Å². The third-order valence-electron chi connectivity index (χ3n) is 2.24. The first-order valence-electron chi connectivity index (χ1n) is 3.84. The van der Waals surface area contributed by atoms with Crippen LogP contribution in [0.2, 0.25) is 0 Å². The lowest BCUT2D eigenvalue weighted by molar-refractivity contribution is -0.142. The fourth-order valence-corrected chi connectivity index (χ4v) is 1.46. The molecule has 0 amide bonds. The molecule has 0 saturated heterocycles. The molecule has 0 aromatic rings. The van der Waals surface area contributed by atoms with Crippen molar-refractivity contribution in [3.05, 3.63) is 0 Å². The minimum atomic E-state index is -0.727. The second-order valence-electron chi connectivity index (χ2n) is 3.00. The topological polar surface area (TPSA) is 54.4 Å². The summed E-state index contributed by atoms with van der Waals surface area (Å²) in [7, 11) is 0. The monoisotopic (exact) mass is 155 g/mol. The molecule has 61 valence electrons. The fraction of sp³-hybridized carbons (Fsp3) is 0.750. The van der Waals surface area contributed by atoms with E-state index in [0.29, 0.717) is 25.7 Å². The van der Waals surface area contributed by atoms with Crippen molar-refractivity contribution in [3.8, 4) is 0 Å². The molecule has 0 heterocycles. The molecule has 1 aliphatic carbocycles. The third kappa shape index (κ3) is 2.03. The van der Waals surface area contributed by atoms with Crippen LogP contribution in [-0.2, 0) is 9.59 Å². The maximum atomic E-state index is 10.5. The van der Waals surface area contributed by atoms with Gasteiger partial charge in [0, 0.05) is 5.92 Å². The Kier molecular flexibility index (Phi) is 2.63. The van der Waals surface area contributed by atoms with Crippen LogP contribution in [0.5, 0.6) is 0 Å². The lowest BCUT2D eigenvalue weighted by atomic mass is 9.83. The van der Waals surface area contributed by atoms with Crippen molar-refractivity contribution in [2.45, 2.75) is 25.7 Å². The maximum absolute atomic E-state index is 10.5. The van der Waals surface area contributed by atoms with E-state index in [9.17, 15) is 9.59 Å². The fourth-order valence-electron chi connectivity index (χ4n) is 1.46. The molecule has 3 heteroatoms. The molecule has 1 rings (SSSR count). The first-order valence-corrected chi connectivity index (χ1v) is 3.84. The van der Waals surface area contributed by atoms with Gasteiger partial charge in [-0.25, -0.2) is 0 Å². The first kappa shape index (κ1) is 8.24. The zero-order chi connectivity index (χ0) is 8.27. The Morgan fingerprint density at radius 2 is 1.82 bits per heavy atom. The molecular formula is C8H11O3. The Morgan fingerprint density at radius 1 is 1.27 bits per heavy atom. The van der Waals surface area contributed by atoms with Gasteiger partial charge >= 0.3 is 5.97 Å². The summed E-state index contributed by atoms with van der Waals surface area (Å²) in [6, 6.07) is 0. The molecule has 1 N–H and O–H groups in total. The van der Waals surface area contributed by atoms with Crippen LogP contribution >= 0.6 is 0 Å². The smallest absolute Gasteiger partial charge is 0.306 e. The molecule has 1 radical (unpaired) electrons. The van der Waals surface area contributed by atoms with Crippen LogP contribution in [0, 0.1) is 11.8 Å². The van der Waals surface area contributed by atoms with Crippen LogP contribution in [-0.4, -0.2) is 17.4 Å². The van der Waals surface area contributed by atoms with Crippen molar-refractivity contribution in [3.63, 3.8) is 0 Å². The van der Waals surface area contributed by atoms with E-state index in [-0.39, 0.29) is 11.8 Å². The minimum absolute atomic E-state index is 0.00870. The Bertz CT molecular complexity index is 157. The van der Waals surface area contributed by atoms with Crippen molar-refractivity contribution in [1.82, 2.24) is 0 Å². The summed E-state index contributed by atoms with van der Waals surface area (Å²) in [4.78, 5) is 20.6. The molecule has 0 atom stereocenters. The average molecular weight is 155 g/mol. The first-order chi connectivity index (χ1) is 5.24. The van der Waals surface area contributed by atoms with Crippen molar-refractivity contribution < 1.29 is 14.7 Å². The molecule has 1 fully saturated rings. The van der Waals surface area contributed by atoms with Gasteiger partial charge in [0.15, 0.2) is 0 Å². The molecule has 3 nitrogen and oxygen atoms in total. The Morgan fingerprint density at radius 3 is 2.18 bits per heavy atom. The van der Waals surface area contributed by atoms with Gasteiger partial charge in [0.1, 0.15) is 0 Å². The van der Waals surface area contributed by atoms with E-state index in [1.165, 1.54) is 0 Å². The number of carbonyl (C=O) groups is 1. The number of hydrogen-bond acceptors (Lipinski definition) is 2. The Labute approximate surface area is 65.4 Å². The van der Waals surface area contributed by atoms with Gasteiger partial charge in [0.2, 0.25) is 6.29 Å². The quantitative estimate of drug-likeness (QED) is 0.646. The lowest BCUT2D eigenvalue weighted by Crippen LogP contribution is -2.21. The van der Waals surface area contributed by atoms with E-state index in [1.807, 2.05) is 6.29 Å². The molecule has 0 unspecified atom stereocenters. The predicted molar refractivity (Wildman–Crippen MR) is 38.8 cm³/mol. The second-order valence-corrected chi connectivity index (χ2v) is 3.00. The molecule has 0 aromatic carbocycles. The Balaban J connectivity index is 2.35. The SMILES string of the molecule is O=[C]C1CCC(C(=O)O)CC1. The van der Waals surface area contributed by atoms with Crippen LogP contribution in [0.3, 0.4) is 0 Å². The molecule has 1 saturated carbocycles. The van der Waals surface area contributed by atoms with Gasteiger partial charge in [-0.05, 0) is 25.7 Å². The summed E-state index contributed by atoms with van der Waals surface area (Å²) in [5.74, 6) is -0.959. The normalized spacial score (nSPS) is 31.3. The number of carbonyl (C=O) groups excluding carboxylic acids is 1. The molecule has 11 heavy (non-hydrogen) atoms. The highest BCUT2D eigenvalue weighted by Crippen LogP contribution is 2.27. The molecule has 0 bridgehead atoms. The van der Waals surface area contributed by atoms with Crippen LogP contribution < -0.4 is 0 Å². The Hall–Kier alpha value is -0.860. The van der Waals surface area contributed by atoms with Gasteiger partial charge in [0.05, 0.1) is 5.92 Å².